The summed E-state index contributed by atoms with van der Waals surface area (Å²) < 4.78 is 24.4. The summed E-state index contributed by atoms with van der Waals surface area (Å²) in [5, 5.41) is 12.6. The zero-order valence-electron chi connectivity index (χ0n) is 23.0. The number of hydrogen-bond acceptors (Lipinski definition) is 5. The van der Waals surface area contributed by atoms with Gasteiger partial charge in [0.1, 0.15) is 5.75 Å². The smallest absolute Gasteiger partial charge is 0.254 e. The summed E-state index contributed by atoms with van der Waals surface area (Å²) >= 11 is 1.60. The monoisotopic (exact) mass is 530 g/mol. The van der Waals surface area contributed by atoms with Crippen LogP contribution in [0.25, 0.3) is 11.1 Å². The summed E-state index contributed by atoms with van der Waals surface area (Å²) in [6.45, 7) is -1.79. The van der Waals surface area contributed by atoms with Gasteiger partial charge in [-0.2, -0.15) is 11.3 Å². The second-order valence-corrected chi connectivity index (χ2v) is 9.55. The molecule has 4 rings (SSSR count). The van der Waals surface area contributed by atoms with Gasteiger partial charge < -0.3 is 9.64 Å². The van der Waals surface area contributed by atoms with Gasteiger partial charge in [0.25, 0.3) is 5.91 Å². The highest BCUT2D eigenvalue weighted by atomic mass is 32.1. The minimum Gasteiger partial charge on any atom is -0.493 e. The first-order chi connectivity index (χ1) is 19.4. The van der Waals surface area contributed by atoms with Gasteiger partial charge in [-0.25, -0.2) is 5.48 Å². The second kappa shape index (κ2) is 14.1. The number of nitrogens with one attached hydrogen (secondary N) is 1. The summed E-state index contributed by atoms with van der Waals surface area (Å²) in [6.07, 6.45) is 2.19. The molecule has 0 fully saturated rings. The molecule has 2 N–H and O–H groups in total. The Balaban J connectivity index is 1.56. The molecular weight excluding hydrogens is 496 g/mol. The third-order valence-corrected chi connectivity index (χ3v) is 6.67. The average molecular weight is 531 g/mol. The number of ether oxygens (including phenoxy) is 1. The molecule has 0 unspecified atom stereocenters. The van der Waals surface area contributed by atoms with Crippen LogP contribution in [-0.4, -0.2) is 28.5 Å². The van der Waals surface area contributed by atoms with Gasteiger partial charge in [-0.05, 0) is 71.0 Å². The van der Waals surface area contributed by atoms with E-state index < -0.39 is 18.3 Å². The number of rotatable bonds is 13. The van der Waals surface area contributed by atoms with Crippen LogP contribution in [0.4, 0.5) is 0 Å². The number of thiophene rings is 1. The number of hydroxylamine groups is 1. The van der Waals surface area contributed by atoms with Crippen molar-refractivity contribution in [2.75, 3.05) is 6.61 Å². The van der Waals surface area contributed by atoms with Gasteiger partial charge in [-0.3, -0.25) is 14.8 Å². The Labute approximate surface area is 230 Å². The summed E-state index contributed by atoms with van der Waals surface area (Å²) in [4.78, 5) is 26.3. The van der Waals surface area contributed by atoms with Gasteiger partial charge in [0.05, 0.1) is 9.35 Å². The van der Waals surface area contributed by atoms with E-state index in [1.165, 1.54) is 4.90 Å². The second-order valence-electron chi connectivity index (χ2n) is 8.77. The molecule has 0 radical (unpaired) electrons. The van der Waals surface area contributed by atoms with E-state index in [0.29, 0.717) is 37.2 Å². The Kier molecular flexibility index (Phi) is 9.07. The summed E-state index contributed by atoms with van der Waals surface area (Å²) in [6, 6.07) is 25.5. The minimum atomic E-state index is -2.19. The lowest BCUT2D eigenvalue weighted by atomic mass is 10.1. The van der Waals surface area contributed by atoms with E-state index in [4.69, 9.17) is 9.94 Å². The number of nitrogens with zero attached hydrogens (tertiary/aromatic N) is 1. The Bertz CT molecular complexity index is 1380. The van der Waals surface area contributed by atoms with Crippen LogP contribution < -0.4 is 10.2 Å². The fraction of sp³-hybridized carbons (Fsp3) is 0.226. The summed E-state index contributed by atoms with van der Waals surface area (Å²) in [5.41, 5.74) is 5.14. The van der Waals surface area contributed by atoms with Gasteiger partial charge in [0.15, 0.2) is 0 Å². The molecule has 0 bridgehead atoms. The van der Waals surface area contributed by atoms with Crippen LogP contribution in [0.2, 0.25) is 0 Å². The van der Waals surface area contributed by atoms with Crippen LogP contribution in [-0.2, 0) is 17.8 Å². The number of hydrogen-bond donors (Lipinski definition) is 2. The molecule has 0 aliphatic rings. The highest BCUT2D eigenvalue weighted by Gasteiger charge is 2.19. The first kappa shape index (κ1) is 24.4. The number of para-hydroxylation sites is 1. The Hall–Kier alpha value is -3.94. The molecule has 38 heavy (non-hydrogen) atoms. The topological polar surface area (TPSA) is 78.9 Å². The Morgan fingerprint density at radius 3 is 2.39 bits per heavy atom. The Morgan fingerprint density at radius 1 is 0.895 bits per heavy atom. The van der Waals surface area contributed by atoms with Crippen LogP contribution >= 0.6 is 11.3 Å². The quantitative estimate of drug-likeness (QED) is 0.115. The van der Waals surface area contributed by atoms with Crippen LogP contribution in [0, 0.1) is 0 Å². The van der Waals surface area contributed by atoms with Crippen molar-refractivity contribution in [2.24, 2.45) is 0 Å². The lowest BCUT2D eigenvalue weighted by molar-refractivity contribution is -0.129. The summed E-state index contributed by atoms with van der Waals surface area (Å²) in [7, 11) is 0. The highest BCUT2D eigenvalue weighted by Crippen LogP contribution is 2.25. The van der Waals surface area contributed by atoms with Crippen molar-refractivity contribution >= 4 is 23.2 Å². The molecule has 2 amide bonds. The fourth-order valence-corrected chi connectivity index (χ4v) is 4.62. The van der Waals surface area contributed by atoms with E-state index in [1.54, 1.807) is 53.2 Å². The van der Waals surface area contributed by atoms with E-state index >= 15 is 0 Å². The summed E-state index contributed by atoms with van der Waals surface area (Å²) in [5.74, 6) is -0.495. The molecule has 0 saturated carbocycles. The van der Waals surface area contributed by atoms with Gasteiger partial charge in [0, 0.05) is 30.6 Å². The first-order valence-corrected chi connectivity index (χ1v) is 13.5. The maximum absolute atomic E-state index is 13.9. The van der Waals surface area contributed by atoms with Crippen molar-refractivity contribution in [3.05, 3.63) is 112 Å². The maximum atomic E-state index is 13.9. The van der Waals surface area contributed by atoms with Gasteiger partial charge >= 0.3 is 0 Å². The van der Waals surface area contributed by atoms with Crippen molar-refractivity contribution < 1.29 is 22.3 Å². The standard InChI is InChI=1S/C31H32N2O4S/c34-30(32-36)13-5-2-8-19-37-29-12-7-6-11-27(29)22-33(21-24-9-3-1-4-10-24)31(35)26-16-14-25(15-17-26)28-18-20-38-23-28/h1,3-4,6-7,9-12,14-18,20,23,36H,2,5,8,13,19,21-22H2,(H,32,34)/i22D2. The van der Waals surface area contributed by atoms with Gasteiger partial charge in [-0.15, -0.1) is 0 Å². The molecule has 0 atom stereocenters. The van der Waals surface area contributed by atoms with E-state index in [-0.39, 0.29) is 18.5 Å². The van der Waals surface area contributed by atoms with Crippen molar-refractivity contribution in [3.8, 4) is 16.9 Å². The van der Waals surface area contributed by atoms with E-state index in [9.17, 15) is 12.3 Å². The number of carbonyl (C=O) groups is 2. The lowest BCUT2D eigenvalue weighted by Crippen LogP contribution is -2.30. The molecular formula is C31H32N2O4S. The zero-order chi connectivity index (χ0) is 28.4. The molecule has 0 spiro atoms. The Morgan fingerprint density at radius 2 is 1.66 bits per heavy atom. The van der Waals surface area contributed by atoms with Crippen molar-refractivity contribution in [1.29, 1.82) is 0 Å². The maximum Gasteiger partial charge on any atom is 0.254 e. The largest absolute Gasteiger partial charge is 0.493 e. The molecule has 3 aromatic carbocycles. The fourth-order valence-electron chi connectivity index (χ4n) is 3.95. The third-order valence-electron chi connectivity index (χ3n) is 5.99. The van der Waals surface area contributed by atoms with Crippen LogP contribution in [0.1, 0.15) is 49.9 Å². The molecule has 4 aromatic rings. The molecule has 0 aliphatic carbocycles. The SMILES string of the molecule is [2H]C([2H])(c1ccccc1OCCCCCC(=O)NO)N(Cc1ccccc1)C(=O)c1ccc(-c2ccsc2)cc1. The average Bonchev–Trinajstić information content (AvgIpc) is 3.53. The van der Waals surface area contributed by atoms with E-state index in [1.807, 2.05) is 59.3 Å². The molecule has 7 heteroatoms. The van der Waals surface area contributed by atoms with E-state index in [2.05, 4.69) is 0 Å². The van der Waals surface area contributed by atoms with Crippen LogP contribution in [0.5, 0.6) is 5.75 Å². The van der Waals surface area contributed by atoms with Gasteiger partial charge in [-0.1, -0.05) is 60.7 Å². The zero-order valence-corrected chi connectivity index (χ0v) is 21.8. The minimum absolute atomic E-state index is 0.0697. The molecule has 196 valence electrons. The number of amides is 2. The number of carbonyl (C=O) groups excluding carboxylic acids is 2. The number of unbranched alkanes of at least 4 members (excludes halogenated alkanes) is 2. The van der Waals surface area contributed by atoms with E-state index in [0.717, 1.165) is 16.7 Å². The molecule has 1 heterocycles. The van der Waals surface area contributed by atoms with Crippen molar-refractivity contribution in [3.63, 3.8) is 0 Å². The first-order valence-electron chi connectivity index (χ1n) is 13.5. The lowest BCUT2D eigenvalue weighted by Gasteiger charge is -2.24. The predicted molar refractivity (Wildman–Crippen MR) is 150 cm³/mol. The normalized spacial score (nSPS) is 11.8. The van der Waals surface area contributed by atoms with Crippen LogP contribution in [0.3, 0.4) is 0 Å². The number of benzene rings is 3. The molecule has 6 nitrogen and oxygen atoms in total. The molecule has 0 aliphatic heterocycles. The predicted octanol–water partition coefficient (Wildman–Crippen LogP) is 6.70. The van der Waals surface area contributed by atoms with Crippen molar-refractivity contribution in [2.45, 2.75) is 38.7 Å². The molecule has 0 saturated heterocycles. The highest BCUT2D eigenvalue weighted by molar-refractivity contribution is 7.08. The van der Waals surface area contributed by atoms with Crippen molar-refractivity contribution in [1.82, 2.24) is 10.4 Å². The van der Waals surface area contributed by atoms with Crippen LogP contribution in [0.15, 0.2) is 95.7 Å². The third kappa shape index (κ3) is 7.78. The molecule has 1 aromatic heterocycles. The van der Waals surface area contributed by atoms with Gasteiger partial charge in [0.2, 0.25) is 5.91 Å².